The number of hydrogen-bond acceptors (Lipinski definition) is 4. The monoisotopic (exact) mass is 362 g/mol. The average Bonchev–Trinajstić information content (AvgIpc) is 2.70. The Bertz CT molecular complexity index is 745. The Morgan fingerprint density at radius 2 is 2.20 bits per heavy atom. The number of aryl methyl sites for hydroxylation is 1. The van der Waals surface area contributed by atoms with Crippen LogP contribution in [0.3, 0.4) is 0 Å². The third-order valence-electron chi connectivity index (χ3n) is 2.57. The molecule has 0 saturated carbocycles. The van der Waals surface area contributed by atoms with Gasteiger partial charge in [0.05, 0.1) is 0 Å². The quantitative estimate of drug-likeness (QED) is 0.859. The lowest BCUT2D eigenvalue weighted by Gasteiger charge is -2.07. The van der Waals surface area contributed by atoms with E-state index >= 15 is 0 Å². The molecular weight excluding hydrogens is 351 g/mol. The standard InChI is InChI=1S/C11H12BrFN4O2S/c1-17-6-10(11(14)16-17)20(18,19)15-5-7-4-8(12)2-3-9(7)13/h2-4,6,15H,5H2,1H3,(H2,14,16). The summed E-state index contributed by atoms with van der Waals surface area (Å²) in [5.41, 5.74) is 5.75. The lowest BCUT2D eigenvalue weighted by atomic mass is 10.2. The van der Waals surface area contributed by atoms with E-state index in [9.17, 15) is 12.8 Å². The average molecular weight is 363 g/mol. The Labute approximate surface area is 124 Å². The van der Waals surface area contributed by atoms with Crippen molar-refractivity contribution in [1.29, 1.82) is 0 Å². The van der Waals surface area contributed by atoms with Crippen LogP contribution < -0.4 is 10.5 Å². The molecule has 2 aromatic rings. The van der Waals surface area contributed by atoms with Gasteiger partial charge >= 0.3 is 0 Å². The van der Waals surface area contributed by atoms with Gasteiger partial charge < -0.3 is 5.73 Å². The minimum Gasteiger partial charge on any atom is -0.381 e. The topological polar surface area (TPSA) is 90.0 Å². The van der Waals surface area contributed by atoms with Crippen molar-refractivity contribution in [1.82, 2.24) is 14.5 Å². The Morgan fingerprint density at radius 3 is 2.80 bits per heavy atom. The summed E-state index contributed by atoms with van der Waals surface area (Å²) in [6.45, 7) is -0.179. The molecule has 9 heteroatoms. The Balaban J connectivity index is 2.21. The third-order valence-corrected chi connectivity index (χ3v) is 4.48. The zero-order valence-corrected chi connectivity index (χ0v) is 12.9. The summed E-state index contributed by atoms with van der Waals surface area (Å²) in [4.78, 5) is -0.129. The highest BCUT2D eigenvalue weighted by Crippen LogP contribution is 2.18. The summed E-state index contributed by atoms with van der Waals surface area (Å²) in [5, 5.41) is 3.76. The molecule has 1 aromatic heterocycles. The van der Waals surface area contributed by atoms with E-state index in [1.165, 1.54) is 29.1 Å². The molecule has 0 spiro atoms. The summed E-state index contributed by atoms with van der Waals surface area (Å²) in [5.74, 6) is -0.593. The number of hydrogen-bond donors (Lipinski definition) is 2. The molecular formula is C11H12BrFN4O2S. The molecule has 0 aliphatic rings. The van der Waals surface area contributed by atoms with E-state index in [1.807, 2.05) is 0 Å². The number of anilines is 1. The molecule has 0 radical (unpaired) electrons. The van der Waals surface area contributed by atoms with Gasteiger partial charge in [-0.15, -0.1) is 0 Å². The van der Waals surface area contributed by atoms with Crippen LogP contribution in [0.2, 0.25) is 0 Å². The van der Waals surface area contributed by atoms with Crippen LogP contribution >= 0.6 is 15.9 Å². The lowest BCUT2D eigenvalue weighted by Crippen LogP contribution is -2.24. The van der Waals surface area contributed by atoms with Crippen molar-refractivity contribution >= 4 is 31.8 Å². The number of aromatic nitrogens is 2. The number of sulfonamides is 1. The Kier molecular flexibility index (Phi) is 4.11. The third kappa shape index (κ3) is 3.17. The van der Waals surface area contributed by atoms with Crippen LogP contribution in [0, 0.1) is 5.82 Å². The minimum absolute atomic E-state index is 0.102. The van der Waals surface area contributed by atoms with Gasteiger partial charge in [0, 0.05) is 29.8 Å². The lowest BCUT2D eigenvalue weighted by molar-refractivity contribution is 0.574. The maximum Gasteiger partial charge on any atom is 0.246 e. The molecule has 0 bridgehead atoms. The second kappa shape index (κ2) is 5.51. The predicted molar refractivity (Wildman–Crippen MR) is 75.7 cm³/mol. The fraction of sp³-hybridized carbons (Fsp3) is 0.182. The van der Waals surface area contributed by atoms with Gasteiger partial charge in [-0.1, -0.05) is 15.9 Å². The van der Waals surface area contributed by atoms with E-state index in [4.69, 9.17) is 5.73 Å². The molecule has 0 unspecified atom stereocenters. The highest BCUT2D eigenvalue weighted by Gasteiger charge is 2.20. The van der Waals surface area contributed by atoms with Gasteiger partial charge in [0.25, 0.3) is 0 Å². The fourth-order valence-electron chi connectivity index (χ4n) is 1.62. The molecule has 6 nitrogen and oxygen atoms in total. The first kappa shape index (κ1) is 14.9. The van der Waals surface area contributed by atoms with E-state index in [0.29, 0.717) is 4.47 Å². The molecule has 0 fully saturated rings. The molecule has 3 N–H and O–H groups in total. The van der Waals surface area contributed by atoms with E-state index in [1.54, 1.807) is 7.05 Å². The van der Waals surface area contributed by atoms with E-state index in [0.717, 1.165) is 0 Å². The number of nitrogens with one attached hydrogen (secondary N) is 1. The smallest absolute Gasteiger partial charge is 0.246 e. The number of nitrogens with zero attached hydrogens (tertiary/aromatic N) is 2. The van der Waals surface area contributed by atoms with Gasteiger partial charge in [-0.25, -0.2) is 17.5 Å². The molecule has 1 aromatic carbocycles. The molecule has 2 rings (SSSR count). The van der Waals surface area contributed by atoms with Crippen molar-refractivity contribution in [2.24, 2.45) is 7.05 Å². The van der Waals surface area contributed by atoms with E-state index < -0.39 is 15.8 Å². The van der Waals surface area contributed by atoms with Crippen molar-refractivity contribution in [3.05, 3.63) is 40.2 Å². The summed E-state index contributed by atoms with van der Waals surface area (Å²) in [6.07, 6.45) is 1.29. The molecule has 108 valence electrons. The number of halogens is 2. The van der Waals surface area contributed by atoms with Crippen LogP contribution in [0.4, 0.5) is 10.2 Å². The summed E-state index contributed by atoms with van der Waals surface area (Å²) in [6, 6.07) is 4.29. The highest BCUT2D eigenvalue weighted by atomic mass is 79.9. The SMILES string of the molecule is Cn1cc(S(=O)(=O)NCc2cc(Br)ccc2F)c(N)n1. The number of nitrogens with two attached hydrogens (primary N) is 1. The summed E-state index contributed by atoms with van der Waals surface area (Å²) >= 11 is 3.20. The van der Waals surface area contributed by atoms with Crippen molar-refractivity contribution < 1.29 is 12.8 Å². The van der Waals surface area contributed by atoms with Crippen LogP contribution in [0.1, 0.15) is 5.56 Å². The molecule has 0 amide bonds. The second-order valence-corrected chi connectivity index (χ2v) is 6.76. The van der Waals surface area contributed by atoms with Gasteiger partial charge in [-0.3, -0.25) is 4.68 Å². The van der Waals surface area contributed by atoms with Gasteiger partial charge in [0.15, 0.2) is 5.82 Å². The van der Waals surface area contributed by atoms with Crippen LogP contribution in [-0.4, -0.2) is 18.2 Å². The largest absolute Gasteiger partial charge is 0.381 e. The Morgan fingerprint density at radius 1 is 1.50 bits per heavy atom. The maximum atomic E-state index is 13.5. The van der Waals surface area contributed by atoms with Gasteiger partial charge in [-0.05, 0) is 18.2 Å². The molecule has 0 aliphatic heterocycles. The first-order valence-electron chi connectivity index (χ1n) is 5.52. The first-order chi connectivity index (χ1) is 9.29. The van der Waals surface area contributed by atoms with Gasteiger partial charge in [0.1, 0.15) is 10.7 Å². The Hall–Kier alpha value is -1.45. The molecule has 0 atom stereocenters. The number of rotatable bonds is 4. The molecule has 0 saturated heterocycles. The van der Waals surface area contributed by atoms with Crippen molar-refractivity contribution in [2.75, 3.05) is 5.73 Å². The summed E-state index contributed by atoms with van der Waals surface area (Å²) < 4.78 is 41.9. The van der Waals surface area contributed by atoms with Crippen molar-refractivity contribution in [3.8, 4) is 0 Å². The predicted octanol–water partition coefficient (Wildman–Crippen LogP) is 1.38. The van der Waals surface area contributed by atoms with Crippen LogP contribution in [-0.2, 0) is 23.6 Å². The van der Waals surface area contributed by atoms with E-state index in [2.05, 4.69) is 25.8 Å². The van der Waals surface area contributed by atoms with Crippen molar-refractivity contribution in [2.45, 2.75) is 11.4 Å². The molecule has 1 heterocycles. The maximum absolute atomic E-state index is 13.5. The number of nitrogen functional groups attached to an aromatic ring is 1. The van der Waals surface area contributed by atoms with Gasteiger partial charge in [0.2, 0.25) is 10.0 Å². The molecule has 0 aliphatic carbocycles. The number of benzene rings is 1. The van der Waals surface area contributed by atoms with Crippen LogP contribution in [0.5, 0.6) is 0 Å². The first-order valence-corrected chi connectivity index (χ1v) is 7.80. The van der Waals surface area contributed by atoms with E-state index in [-0.39, 0.29) is 22.8 Å². The zero-order chi connectivity index (χ0) is 14.9. The van der Waals surface area contributed by atoms with Gasteiger partial charge in [-0.2, -0.15) is 5.10 Å². The fourth-order valence-corrected chi connectivity index (χ4v) is 3.14. The highest BCUT2D eigenvalue weighted by molar-refractivity contribution is 9.10. The molecule has 20 heavy (non-hydrogen) atoms. The normalized spacial score (nSPS) is 11.8. The summed E-state index contributed by atoms with van der Waals surface area (Å²) in [7, 11) is -2.28. The zero-order valence-electron chi connectivity index (χ0n) is 10.5. The minimum atomic E-state index is -3.84. The van der Waals surface area contributed by atoms with Crippen LogP contribution in [0.15, 0.2) is 33.8 Å². The van der Waals surface area contributed by atoms with Crippen molar-refractivity contribution in [3.63, 3.8) is 0 Å². The van der Waals surface area contributed by atoms with Crippen LogP contribution in [0.25, 0.3) is 0 Å². The second-order valence-electron chi connectivity index (χ2n) is 4.11.